The molecule has 6 nitrogen and oxygen atoms in total. The summed E-state index contributed by atoms with van der Waals surface area (Å²) in [5, 5.41) is 10.5. The molecule has 0 spiro atoms. The van der Waals surface area contributed by atoms with Gasteiger partial charge in [0, 0.05) is 5.69 Å². The number of carbonyl (C=O) groups excluding carboxylic acids is 1. The maximum atomic E-state index is 12.9. The third-order valence-electron chi connectivity index (χ3n) is 3.92. The highest BCUT2D eigenvalue weighted by Crippen LogP contribution is 2.17. The van der Waals surface area contributed by atoms with Gasteiger partial charge in [0.05, 0.1) is 6.54 Å². The molecule has 7 heteroatoms. The first-order valence-electron chi connectivity index (χ1n) is 7.76. The van der Waals surface area contributed by atoms with E-state index in [-0.39, 0.29) is 17.3 Å². The van der Waals surface area contributed by atoms with Gasteiger partial charge in [0.1, 0.15) is 5.82 Å². The fourth-order valence-corrected chi connectivity index (χ4v) is 2.45. The number of aryl methyl sites for hydroxylation is 2. The van der Waals surface area contributed by atoms with Crippen molar-refractivity contribution in [3.05, 3.63) is 70.7 Å². The van der Waals surface area contributed by atoms with Gasteiger partial charge >= 0.3 is 0 Å². The van der Waals surface area contributed by atoms with E-state index < -0.39 is 5.91 Å². The van der Waals surface area contributed by atoms with Crippen LogP contribution in [0, 0.1) is 19.7 Å². The summed E-state index contributed by atoms with van der Waals surface area (Å²) < 4.78 is 14.4. The van der Waals surface area contributed by atoms with Crippen molar-refractivity contribution < 1.29 is 9.18 Å². The Kier molecular flexibility index (Phi) is 4.47. The molecular formula is C18H18FN5O. The van der Waals surface area contributed by atoms with Crippen LogP contribution in [0.5, 0.6) is 0 Å². The van der Waals surface area contributed by atoms with Gasteiger partial charge in [-0.05, 0) is 49.2 Å². The van der Waals surface area contributed by atoms with Crippen LogP contribution in [0.1, 0.15) is 27.2 Å². The number of halogens is 1. The minimum absolute atomic E-state index is 0.0367. The first-order valence-corrected chi connectivity index (χ1v) is 7.76. The number of nitrogen functional groups attached to an aromatic ring is 1. The Labute approximate surface area is 144 Å². The van der Waals surface area contributed by atoms with Gasteiger partial charge in [0.15, 0.2) is 11.5 Å². The molecule has 0 saturated heterocycles. The predicted octanol–water partition coefficient (Wildman–Crippen LogP) is 2.92. The van der Waals surface area contributed by atoms with Crippen LogP contribution in [0.4, 0.5) is 15.9 Å². The molecule has 0 saturated carbocycles. The first kappa shape index (κ1) is 16.6. The van der Waals surface area contributed by atoms with E-state index in [1.54, 1.807) is 0 Å². The second kappa shape index (κ2) is 6.72. The van der Waals surface area contributed by atoms with Crippen LogP contribution in [0.3, 0.4) is 0 Å². The Bertz CT molecular complexity index is 918. The number of carbonyl (C=O) groups is 1. The van der Waals surface area contributed by atoms with Crippen molar-refractivity contribution in [3.63, 3.8) is 0 Å². The molecule has 25 heavy (non-hydrogen) atoms. The van der Waals surface area contributed by atoms with Gasteiger partial charge in [-0.25, -0.2) is 9.07 Å². The molecule has 0 aliphatic rings. The number of hydrogen-bond donors (Lipinski definition) is 2. The topological polar surface area (TPSA) is 85.8 Å². The zero-order valence-electron chi connectivity index (χ0n) is 14.0. The van der Waals surface area contributed by atoms with Gasteiger partial charge in [-0.1, -0.05) is 29.0 Å². The zero-order chi connectivity index (χ0) is 18.0. The van der Waals surface area contributed by atoms with Crippen LogP contribution < -0.4 is 11.1 Å². The molecule has 0 fully saturated rings. The largest absolute Gasteiger partial charge is 0.382 e. The second-order valence-corrected chi connectivity index (χ2v) is 5.87. The van der Waals surface area contributed by atoms with Crippen molar-refractivity contribution in [1.29, 1.82) is 0 Å². The van der Waals surface area contributed by atoms with Gasteiger partial charge in [0.2, 0.25) is 0 Å². The number of nitrogens with two attached hydrogens (primary N) is 1. The molecule has 3 aromatic rings. The number of rotatable bonds is 4. The lowest BCUT2D eigenvalue weighted by Crippen LogP contribution is -2.15. The van der Waals surface area contributed by atoms with E-state index in [9.17, 15) is 9.18 Å². The Hall–Kier alpha value is -3.22. The van der Waals surface area contributed by atoms with E-state index in [4.69, 9.17) is 5.73 Å². The van der Waals surface area contributed by atoms with Gasteiger partial charge in [-0.3, -0.25) is 4.79 Å². The lowest BCUT2D eigenvalue weighted by atomic mass is 10.1. The smallest absolute Gasteiger partial charge is 0.280 e. The lowest BCUT2D eigenvalue weighted by Gasteiger charge is -2.08. The molecule has 0 unspecified atom stereocenters. The molecule has 0 atom stereocenters. The number of hydrogen-bond acceptors (Lipinski definition) is 4. The van der Waals surface area contributed by atoms with Crippen molar-refractivity contribution in [1.82, 2.24) is 15.0 Å². The molecule has 0 aliphatic heterocycles. The zero-order valence-corrected chi connectivity index (χ0v) is 14.0. The summed E-state index contributed by atoms with van der Waals surface area (Å²) in [6.45, 7) is 4.44. The Morgan fingerprint density at radius 3 is 2.64 bits per heavy atom. The highest BCUT2D eigenvalue weighted by molar-refractivity contribution is 6.05. The average molecular weight is 339 g/mol. The number of nitrogens with one attached hydrogen (secondary N) is 1. The summed E-state index contributed by atoms with van der Waals surface area (Å²) in [4.78, 5) is 12.3. The molecule has 128 valence electrons. The molecule has 1 heterocycles. The van der Waals surface area contributed by atoms with E-state index in [1.165, 1.54) is 28.9 Å². The van der Waals surface area contributed by atoms with E-state index >= 15 is 0 Å². The van der Waals surface area contributed by atoms with E-state index in [0.29, 0.717) is 12.2 Å². The standard InChI is InChI=1S/C18H18FN5O/c1-11-3-4-12(2)13(9-11)10-24-17(20)16(22-23-24)18(25)21-15-7-5-14(19)6-8-15/h3-9H,10,20H2,1-2H3,(H,21,25). The van der Waals surface area contributed by atoms with Crippen molar-refractivity contribution in [2.75, 3.05) is 11.1 Å². The SMILES string of the molecule is Cc1ccc(C)c(Cn2nnc(C(=O)Nc3ccc(F)cc3)c2N)c1. The molecule has 0 radical (unpaired) electrons. The summed E-state index contributed by atoms with van der Waals surface area (Å²) in [7, 11) is 0. The van der Waals surface area contributed by atoms with Gasteiger partial charge in [0.25, 0.3) is 5.91 Å². The minimum atomic E-state index is -0.490. The molecule has 1 aromatic heterocycles. The lowest BCUT2D eigenvalue weighted by molar-refractivity contribution is 0.102. The number of aromatic nitrogens is 3. The number of benzene rings is 2. The van der Waals surface area contributed by atoms with Crippen molar-refractivity contribution in [2.45, 2.75) is 20.4 Å². The van der Waals surface area contributed by atoms with Crippen molar-refractivity contribution >= 4 is 17.4 Å². The summed E-state index contributed by atoms with van der Waals surface area (Å²) in [6, 6.07) is 11.6. The fourth-order valence-electron chi connectivity index (χ4n) is 2.45. The number of anilines is 2. The highest BCUT2D eigenvalue weighted by Gasteiger charge is 2.18. The minimum Gasteiger partial charge on any atom is -0.382 e. The molecule has 3 N–H and O–H groups in total. The van der Waals surface area contributed by atoms with Crippen LogP contribution >= 0.6 is 0 Å². The molecule has 2 aromatic carbocycles. The monoisotopic (exact) mass is 339 g/mol. The molecule has 0 bridgehead atoms. The summed E-state index contributed by atoms with van der Waals surface area (Å²) >= 11 is 0. The van der Waals surface area contributed by atoms with Crippen LogP contribution in [0.2, 0.25) is 0 Å². The predicted molar refractivity (Wildman–Crippen MR) is 93.8 cm³/mol. The number of nitrogens with zero attached hydrogens (tertiary/aromatic N) is 3. The molecule has 3 rings (SSSR count). The van der Waals surface area contributed by atoms with Crippen LogP contribution in [-0.4, -0.2) is 20.9 Å². The van der Waals surface area contributed by atoms with Gasteiger partial charge in [-0.15, -0.1) is 5.10 Å². The maximum absolute atomic E-state index is 12.9. The molecule has 0 aliphatic carbocycles. The average Bonchev–Trinajstić information content (AvgIpc) is 2.94. The van der Waals surface area contributed by atoms with E-state index in [0.717, 1.165) is 16.7 Å². The van der Waals surface area contributed by atoms with Crippen LogP contribution in [-0.2, 0) is 6.54 Å². The third kappa shape index (κ3) is 3.65. The van der Waals surface area contributed by atoms with Crippen LogP contribution in [0.25, 0.3) is 0 Å². The van der Waals surface area contributed by atoms with E-state index in [1.807, 2.05) is 26.0 Å². The quantitative estimate of drug-likeness (QED) is 0.765. The van der Waals surface area contributed by atoms with Gasteiger partial charge in [-0.2, -0.15) is 0 Å². The normalized spacial score (nSPS) is 10.7. The number of amides is 1. The van der Waals surface area contributed by atoms with Crippen LogP contribution in [0.15, 0.2) is 42.5 Å². The Balaban J connectivity index is 1.79. The van der Waals surface area contributed by atoms with Gasteiger partial charge < -0.3 is 11.1 Å². The summed E-state index contributed by atoms with van der Waals surface area (Å²) in [6.07, 6.45) is 0. The van der Waals surface area contributed by atoms with Crippen molar-refractivity contribution in [3.8, 4) is 0 Å². The third-order valence-corrected chi connectivity index (χ3v) is 3.92. The Morgan fingerprint density at radius 1 is 1.20 bits per heavy atom. The first-order chi connectivity index (χ1) is 11.9. The molecular weight excluding hydrogens is 321 g/mol. The highest BCUT2D eigenvalue weighted by atomic mass is 19.1. The van der Waals surface area contributed by atoms with E-state index in [2.05, 4.69) is 21.7 Å². The maximum Gasteiger partial charge on any atom is 0.280 e. The fraction of sp³-hybridized carbons (Fsp3) is 0.167. The van der Waals surface area contributed by atoms with Crippen molar-refractivity contribution in [2.24, 2.45) is 0 Å². The Morgan fingerprint density at radius 2 is 1.92 bits per heavy atom. The second-order valence-electron chi connectivity index (χ2n) is 5.87. The summed E-state index contributed by atoms with van der Waals surface area (Å²) in [5.74, 6) is -0.686. The summed E-state index contributed by atoms with van der Waals surface area (Å²) in [5.41, 5.74) is 9.82. The molecule has 1 amide bonds.